The Labute approximate surface area is 119 Å². The number of sulfone groups is 1. The lowest BCUT2D eigenvalue weighted by Gasteiger charge is -2.03. The van der Waals surface area contributed by atoms with Gasteiger partial charge in [0.1, 0.15) is 15.6 Å². The van der Waals surface area contributed by atoms with E-state index in [2.05, 4.69) is 0 Å². The molecule has 1 rings (SSSR count). The molecule has 3 nitrogen and oxygen atoms in total. The lowest BCUT2D eigenvalue weighted by Crippen LogP contribution is -2.11. The highest BCUT2D eigenvalue weighted by molar-refractivity contribution is 8.00. The molecular formula is C14H20O3S2. The van der Waals surface area contributed by atoms with E-state index < -0.39 is 9.84 Å². The minimum absolute atomic E-state index is 0.108. The number of rotatable bonds is 8. The molecule has 0 radical (unpaired) electrons. The highest BCUT2D eigenvalue weighted by Gasteiger charge is 2.09. The quantitative estimate of drug-likeness (QED) is 0.693. The summed E-state index contributed by atoms with van der Waals surface area (Å²) in [5.41, 5.74) is 1.19. The Bertz CT molecular complexity index is 504. The van der Waals surface area contributed by atoms with Gasteiger partial charge in [0.25, 0.3) is 0 Å². The van der Waals surface area contributed by atoms with Crippen LogP contribution in [-0.4, -0.2) is 31.5 Å². The molecule has 0 aromatic heterocycles. The second kappa shape index (κ2) is 7.70. The fraction of sp³-hybridized carbons (Fsp3) is 0.500. The average molecular weight is 300 g/mol. The van der Waals surface area contributed by atoms with Gasteiger partial charge >= 0.3 is 0 Å². The van der Waals surface area contributed by atoms with Gasteiger partial charge in [-0.3, -0.25) is 4.79 Å². The van der Waals surface area contributed by atoms with E-state index in [1.807, 2.05) is 31.2 Å². The molecular weight excluding hydrogens is 280 g/mol. The third kappa shape index (κ3) is 6.78. The normalized spacial score (nSPS) is 11.5. The van der Waals surface area contributed by atoms with E-state index in [4.69, 9.17) is 0 Å². The second-order valence-electron chi connectivity index (χ2n) is 4.48. The standard InChI is InChI=1S/C14H20O3S2/c1-3-19(16,17)10-4-5-13(15)11-18-14-8-6-12(2)7-9-14/h6-9H,3-5,10-11H2,1-2H3. The summed E-state index contributed by atoms with van der Waals surface area (Å²) < 4.78 is 22.6. The molecule has 106 valence electrons. The smallest absolute Gasteiger partial charge is 0.150 e. The molecule has 0 bridgehead atoms. The van der Waals surface area contributed by atoms with Crippen LogP contribution in [0.5, 0.6) is 0 Å². The van der Waals surface area contributed by atoms with Crippen molar-refractivity contribution in [2.45, 2.75) is 31.6 Å². The van der Waals surface area contributed by atoms with Gasteiger partial charge in [0.2, 0.25) is 0 Å². The molecule has 0 amide bonds. The lowest BCUT2D eigenvalue weighted by molar-refractivity contribution is -0.116. The largest absolute Gasteiger partial charge is 0.299 e. The fourth-order valence-electron chi connectivity index (χ4n) is 1.50. The van der Waals surface area contributed by atoms with Gasteiger partial charge < -0.3 is 0 Å². The molecule has 0 atom stereocenters. The summed E-state index contributed by atoms with van der Waals surface area (Å²) >= 11 is 1.50. The summed E-state index contributed by atoms with van der Waals surface area (Å²) in [5.74, 6) is 0.788. The van der Waals surface area contributed by atoms with Gasteiger partial charge in [0, 0.05) is 17.1 Å². The highest BCUT2D eigenvalue weighted by Crippen LogP contribution is 2.18. The first-order valence-corrected chi connectivity index (χ1v) is 9.15. The van der Waals surface area contributed by atoms with Crippen LogP contribution >= 0.6 is 11.8 Å². The van der Waals surface area contributed by atoms with E-state index in [-0.39, 0.29) is 17.3 Å². The van der Waals surface area contributed by atoms with Crippen LogP contribution in [0, 0.1) is 6.92 Å². The molecule has 19 heavy (non-hydrogen) atoms. The number of carbonyl (C=O) groups is 1. The molecule has 5 heteroatoms. The summed E-state index contributed by atoms with van der Waals surface area (Å²) in [5, 5.41) is 0. The van der Waals surface area contributed by atoms with E-state index in [0.29, 0.717) is 18.6 Å². The Hall–Kier alpha value is -0.810. The van der Waals surface area contributed by atoms with E-state index in [1.54, 1.807) is 6.92 Å². The van der Waals surface area contributed by atoms with Gasteiger partial charge in [0.15, 0.2) is 0 Å². The number of hydrogen-bond donors (Lipinski definition) is 0. The van der Waals surface area contributed by atoms with Crippen molar-refractivity contribution in [2.24, 2.45) is 0 Å². The third-order valence-electron chi connectivity index (χ3n) is 2.77. The second-order valence-corrected chi connectivity index (χ2v) is 8.00. The van der Waals surface area contributed by atoms with Crippen LogP contribution in [0.4, 0.5) is 0 Å². The van der Waals surface area contributed by atoms with Gasteiger partial charge in [0.05, 0.1) is 11.5 Å². The molecule has 0 heterocycles. The number of hydrogen-bond acceptors (Lipinski definition) is 4. The zero-order valence-electron chi connectivity index (χ0n) is 11.4. The monoisotopic (exact) mass is 300 g/mol. The molecule has 0 aliphatic rings. The molecule has 0 saturated carbocycles. The molecule has 0 N–H and O–H groups in total. The lowest BCUT2D eigenvalue weighted by atomic mass is 10.2. The van der Waals surface area contributed by atoms with Gasteiger partial charge in [-0.1, -0.05) is 24.6 Å². The molecule has 1 aromatic carbocycles. The zero-order valence-corrected chi connectivity index (χ0v) is 13.0. The van der Waals surface area contributed by atoms with Crippen molar-refractivity contribution < 1.29 is 13.2 Å². The van der Waals surface area contributed by atoms with E-state index in [0.717, 1.165) is 4.90 Å². The van der Waals surface area contributed by atoms with Gasteiger partial charge in [-0.2, -0.15) is 0 Å². The number of ketones is 1. The Balaban J connectivity index is 2.27. The summed E-state index contributed by atoms with van der Waals surface area (Å²) in [7, 11) is -2.95. The van der Waals surface area contributed by atoms with E-state index >= 15 is 0 Å². The van der Waals surface area contributed by atoms with Crippen LogP contribution in [0.3, 0.4) is 0 Å². The first-order valence-electron chi connectivity index (χ1n) is 6.34. The van der Waals surface area contributed by atoms with Crippen LogP contribution in [-0.2, 0) is 14.6 Å². The Morgan fingerprint density at radius 3 is 2.42 bits per heavy atom. The predicted molar refractivity (Wildman–Crippen MR) is 80.5 cm³/mol. The van der Waals surface area contributed by atoms with Crippen molar-refractivity contribution in [1.29, 1.82) is 0 Å². The molecule has 0 aliphatic heterocycles. The maximum Gasteiger partial charge on any atom is 0.150 e. The molecule has 0 fully saturated rings. The molecule has 0 unspecified atom stereocenters. The fourth-order valence-corrected chi connectivity index (χ4v) is 3.18. The van der Waals surface area contributed by atoms with Crippen LogP contribution in [0.25, 0.3) is 0 Å². The van der Waals surface area contributed by atoms with E-state index in [1.165, 1.54) is 17.3 Å². The van der Waals surface area contributed by atoms with Crippen LogP contribution in [0.1, 0.15) is 25.3 Å². The molecule has 0 aliphatic carbocycles. The van der Waals surface area contributed by atoms with Crippen molar-refractivity contribution in [3.05, 3.63) is 29.8 Å². The first kappa shape index (κ1) is 16.2. The third-order valence-corrected chi connectivity index (χ3v) is 5.63. The topological polar surface area (TPSA) is 51.2 Å². The molecule has 0 saturated heterocycles. The van der Waals surface area contributed by atoms with Crippen molar-refractivity contribution in [1.82, 2.24) is 0 Å². The maximum atomic E-state index is 11.6. The number of carbonyl (C=O) groups excluding carboxylic acids is 1. The minimum Gasteiger partial charge on any atom is -0.299 e. The van der Waals surface area contributed by atoms with E-state index in [9.17, 15) is 13.2 Å². The van der Waals surface area contributed by atoms with Crippen molar-refractivity contribution >= 4 is 27.4 Å². The minimum atomic E-state index is -2.95. The van der Waals surface area contributed by atoms with Gasteiger partial charge in [-0.15, -0.1) is 11.8 Å². The van der Waals surface area contributed by atoms with Crippen molar-refractivity contribution in [3.8, 4) is 0 Å². The average Bonchev–Trinajstić information content (AvgIpc) is 2.38. The first-order chi connectivity index (χ1) is 8.93. The summed E-state index contributed by atoms with van der Waals surface area (Å²) in [6.07, 6.45) is 0.779. The van der Waals surface area contributed by atoms with Crippen LogP contribution < -0.4 is 0 Å². The predicted octanol–water partition coefficient (Wildman–Crippen LogP) is 2.87. The van der Waals surface area contributed by atoms with Gasteiger partial charge in [-0.05, 0) is 25.5 Å². The van der Waals surface area contributed by atoms with Crippen LogP contribution in [0.2, 0.25) is 0 Å². The number of thioether (sulfide) groups is 1. The van der Waals surface area contributed by atoms with Crippen molar-refractivity contribution in [3.63, 3.8) is 0 Å². The van der Waals surface area contributed by atoms with Crippen LogP contribution in [0.15, 0.2) is 29.2 Å². The Morgan fingerprint density at radius 2 is 1.84 bits per heavy atom. The SMILES string of the molecule is CCS(=O)(=O)CCCC(=O)CSc1ccc(C)cc1. The number of aryl methyl sites for hydroxylation is 1. The maximum absolute atomic E-state index is 11.6. The summed E-state index contributed by atoms with van der Waals surface area (Å²) in [6, 6.07) is 8.02. The molecule has 0 spiro atoms. The highest BCUT2D eigenvalue weighted by atomic mass is 32.2. The summed E-state index contributed by atoms with van der Waals surface area (Å²) in [6.45, 7) is 3.65. The Kier molecular flexibility index (Phi) is 6.58. The van der Waals surface area contributed by atoms with Crippen molar-refractivity contribution in [2.75, 3.05) is 17.3 Å². The number of Topliss-reactive ketones (excluding diaryl/α,β-unsaturated/α-hetero) is 1. The Morgan fingerprint density at radius 1 is 1.21 bits per heavy atom. The zero-order chi connectivity index (χ0) is 14.3. The number of benzene rings is 1. The summed E-state index contributed by atoms with van der Waals surface area (Å²) in [4.78, 5) is 12.7. The van der Waals surface area contributed by atoms with Gasteiger partial charge in [-0.25, -0.2) is 8.42 Å². The molecule has 1 aromatic rings.